The van der Waals surface area contributed by atoms with Crippen LogP contribution in [0.5, 0.6) is 0 Å². The summed E-state index contributed by atoms with van der Waals surface area (Å²) in [6, 6.07) is 7.60. The van der Waals surface area contributed by atoms with Crippen molar-refractivity contribution in [2.45, 2.75) is 52.1 Å². The fourth-order valence-corrected chi connectivity index (χ4v) is 5.54. The number of hydrogen-bond acceptors (Lipinski definition) is 6. The molecular formula is C25H27ClF2N4O2S. The van der Waals surface area contributed by atoms with Crippen molar-refractivity contribution >= 4 is 39.9 Å². The van der Waals surface area contributed by atoms with E-state index < -0.39 is 23.0 Å². The molecule has 2 unspecified atom stereocenters. The molecule has 6 nitrogen and oxygen atoms in total. The van der Waals surface area contributed by atoms with Gasteiger partial charge >= 0.3 is 5.97 Å². The monoisotopic (exact) mass is 520 g/mol. The van der Waals surface area contributed by atoms with Crippen LogP contribution in [0.3, 0.4) is 0 Å². The zero-order chi connectivity index (χ0) is 25.2. The van der Waals surface area contributed by atoms with E-state index in [1.54, 1.807) is 18.3 Å². The molecule has 2 atom stereocenters. The lowest BCUT2D eigenvalue weighted by Crippen LogP contribution is -2.50. The number of aliphatic carboxylic acids is 1. The lowest BCUT2D eigenvalue weighted by Gasteiger charge is -2.44. The maximum atomic E-state index is 14.8. The van der Waals surface area contributed by atoms with Crippen molar-refractivity contribution in [2.75, 3.05) is 11.9 Å². The van der Waals surface area contributed by atoms with E-state index in [2.05, 4.69) is 20.2 Å². The zero-order valence-electron chi connectivity index (χ0n) is 19.5. The molecule has 3 aromatic rings. The Morgan fingerprint density at radius 3 is 2.83 bits per heavy atom. The minimum Gasteiger partial charge on any atom is -0.481 e. The number of thiazole rings is 1. The van der Waals surface area contributed by atoms with Crippen LogP contribution in [0.4, 0.5) is 19.7 Å². The number of aromatic nitrogens is 2. The largest absolute Gasteiger partial charge is 0.481 e. The van der Waals surface area contributed by atoms with Gasteiger partial charge in [-0.05, 0) is 50.9 Å². The summed E-state index contributed by atoms with van der Waals surface area (Å²) in [7, 11) is 0. The predicted octanol–water partition coefficient (Wildman–Crippen LogP) is 6.21. The number of carboxylic acids is 1. The van der Waals surface area contributed by atoms with Crippen LogP contribution < -0.4 is 5.32 Å². The Labute approximate surface area is 212 Å². The molecule has 0 radical (unpaired) electrons. The number of carboxylic acid groups (broad SMARTS) is 1. The molecule has 4 rings (SSSR count). The van der Waals surface area contributed by atoms with Gasteiger partial charge in [0.2, 0.25) is 0 Å². The highest BCUT2D eigenvalue weighted by Gasteiger charge is 2.46. The maximum Gasteiger partial charge on any atom is 0.310 e. The van der Waals surface area contributed by atoms with Crippen molar-refractivity contribution in [3.63, 3.8) is 0 Å². The van der Waals surface area contributed by atoms with Crippen LogP contribution >= 0.6 is 22.9 Å². The summed E-state index contributed by atoms with van der Waals surface area (Å²) < 4.78 is 29.2. The minimum absolute atomic E-state index is 0.0313. The number of nitrogens with zero attached hydrogens (tertiary/aromatic N) is 3. The zero-order valence-corrected chi connectivity index (χ0v) is 21.1. The first-order chi connectivity index (χ1) is 16.7. The molecule has 0 spiro atoms. The molecule has 0 saturated carbocycles. The number of halogens is 3. The number of rotatable bonds is 8. The molecule has 1 aliphatic rings. The molecular weight excluding hydrogens is 494 g/mol. The highest BCUT2D eigenvalue weighted by Crippen LogP contribution is 2.40. The predicted molar refractivity (Wildman–Crippen MR) is 133 cm³/mol. The van der Waals surface area contributed by atoms with Gasteiger partial charge in [0, 0.05) is 35.6 Å². The van der Waals surface area contributed by atoms with Gasteiger partial charge in [-0.15, -0.1) is 11.3 Å². The molecule has 2 N–H and O–H groups in total. The van der Waals surface area contributed by atoms with Gasteiger partial charge in [0.1, 0.15) is 17.5 Å². The van der Waals surface area contributed by atoms with E-state index in [1.165, 1.54) is 29.5 Å². The summed E-state index contributed by atoms with van der Waals surface area (Å²) in [6.45, 7) is 4.68. The molecule has 0 bridgehead atoms. The molecule has 1 aromatic carbocycles. The summed E-state index contributed by atoms with van der Waals surface area (Å²) in [5.41, 5.74) is -0.591. The second-order valence-corrected chi connectivity index (χ2v) is 10.6. The lowest BCUT2D eigenvalue weighted by atomic mass is 9.71. The number of benzene rings is 1. The van der Waals surface area contributed by atoms with E-state index in [-0.39, 0.29) is 23.2 Å². The molecule has 186 valence electrons. The van der Waals surface area contributed by atoms with Crippen molar-refractivity contribution in [1.82, 2.24) is 14.9 Å². The fraction of sp³-hybridized carbons (Fsp3) is 0.400. The molecule has 1 saturated heterocycles. The Hall–Kier alpha value is -2.62. The van der Waals surface area contributed by atoms with Gasteiger partial charge in [-0.25, -0.2) is 18.7 Å². The summed E-state index contributed by atoms with van der Waals surface area (Å²) >= 11 is 7.38. The molecule has 2 aromatic heterocycles. The standard InChI is InChI=1S/C25H27ClF2N4O2S/c1-3-17-11-25(23(33)34,9-10-32(17)14-16-5-4-6-18(26)22(16)28)12-20-19(27)7-8-21(30-20)31-24-29-13-15(2)35-24/h4-8,13,17H,3,9-12,14H2,1-2H3,(H,33,34)(H,29,30,31). The molecule has 0 aliphatic carbocycles. The van der Waals surface area contributed by atoms with Crippen LogP contribution in [0.15, 0.2) is 36.5 Å². The van der Waals surface area contributed by atoms with E-state index >= 15 is 0 Å². The van der Waals surface area contributed by atoms with Gasteiger partial charge in [-0.3, -0.25) is 9.69 Å². The van der Waals surface area contributed by atoms with Gasteiger partial charge in [0.25, 0.3) is 0 Å². The van der Waals surface area contributed by atoms with E-state index in [0.717, 1.165) is 4.88 Å². The van der Waals surface area contributed by atoms with Crippen molar-refractivity contribution < 1.29 is 18.7 Å². The van der Waals surface area contributed by atoms with Crippen LogP contribution in [-0.4, -0.2) is 38.5 Å². The average Bonchev–Trinajstić information content (AvgIpc) is 3.24. The van der Waals surface area contributed by atoms with Gasteiger partial charge in [0.05, 0.1) is 16.1 Å². The van der Waals surface area contributed by atoms with E-state index in [9.17, 15) is 18.7 Å². The van der Waals surface area contributed by atoms with Crippen LogP contribution in [0, 0.1) is 24.0 Å². The lowest BCUT2D eigenvalue weighted by molar-refractivity contribution is -0.154. The number of nitrogens with one attached hydrogen (secondary N) is 1. The number of aryl methyl sites for hydroxylation is 1. The van der Waals surface area contributed by atoms with Crippen molar-refractivity contribution in [1.29, 1.82) is 0 Å². The van der Waals surface area contributed by atoms with Crippen molar-refractivity contribution in [2.24, 2.45) is 5.41 Å². The Balaban J connectivity index is 1.54. The molecule has 0 amide bonds. The summed E-state index contributed by atoms with van der Waals surface area (Å²) in [6.07, 6.45) is 2.98. The van der Waals surface area contributed by atoms with Gasteiger partial charge in [-0.1, -0.05) is 30.7 Å². The number of piperidine rings is 1. The Morgan fingerprint density at radius 2 is 2.14 bits per heavy atom. The van der Waals surface area contributed by atoms with E-state index in [4.69, 9.17) is 11.6 Å². The number of hydrogen-bond donors (Lipinski definition) is 2. The van der Waals surface area contributed by atoms with Crippen LogP contribution in [0.25, 0.3) is 0 Å². The Kier molecular flexibility index (Phi) is 7.68. The SMILES string of the molecule is CCC1CC(Cc2nc(Nc3ncc(C)s3)ccc2F)(C(=O)O)CCN1Cc1cccc(Cl)c1F. The van der Waals surface area contributed by atoms with Crippen LogP contribution in [-0.2, 0) is 17.8 Å². The van der Waals surface area contributed by atoms with Crippen molar-refractivity contribution in [3.8, 4) is 0 Å². The number of anilines is 2. The first-order valence-corrected chi connectivity index (χ1v) is 12.7. The molecule has 1 fully saturated rings. The highest BCUT2D eigenvalue weighted by atomic mass is 35.5. The van der Waals surface area contributed by atoms with Gasteiger partial charge in [0.15, 0.2) is 5.13 Å². The van der Waals surface area contributed by atoms with Crippen LogP contribution in [0.2, 0.25) is 5.02 Å². The summed E-state index contributed by atoms with van der Waals surface area (Å²) in [4.78, 5) is 24.3. The third kappa shape index (κ3) is 5.63. The average molecular weight is 521 g/mol. The topological polar surface area (TPSA) is 78.3 Å². The third-order valence-corrected chi connectivity index (χ3v) is 7.75. The normalized spacial score (nSPS) is 20.7. The number of carbonyl (C=O) groups is 1. The summed E-state index contributed by atoms with van der Waals surface area (Å²) in [5.74, 6) is -1.55. The Bertz CT molecular complexity index is 1220. The molecule has 35 heavy (non-hydrogen) atoms. The smallest absolute Gasteiger partial charge is 0.310 e. The second kappa shape index (κ2) is 10.6. The number of pyridine rings is 1. The fourth-order valence-electron chi connectivity index (χ4n) is 4.67. The van der Waals surface area contributed by atoms with Gasteiger partial charge in [-0.2, -0.15) is 0 Å². The van der Waals surface area contributed by atoms with E-state index in [1.807, 2.05) is 13.8 Å². The molecule has 10 heteroatoms. The maximum absolute atomic E-state index is 14.8. The van der Waals surface area contributed by atoms with Crippen molar-refractivity contribution in [3.05, 3.63) is 69.3 Å². The second-order valence-electron chi connectivity index (χ2n) is 8.99. The third-order valence-electron chi connectivity index (χ3n) is 6.63. The summed E-state index contributed by atoms with van der Waals surface area (Å²) in [5, 5.41) is 14.0. The molecule has 3 heterocycles. The number of likely N-dealkylation sites (tertiary alicyclic amines) is 1. The highest BCUT2D eigenvalue weighted by molar-refractivity contribution is 7.15. The molecule has 1 aliphatic heterocycles. The first-order valence-electron chi connectivity index (χ1n) is 11.5. The van der Waals surface area contributed by atoms with Gasteiger partial charge < -0.3 is 10.4 Å². The van der Waals surface area contributed by atoms with Crippen LogP contribution in [0.1, 0.15) is 42.3 Å². The quantitative estimate of drug-likeness (QED) is 0.367. The first kappa shape index (κ1) is 25.5. The minimum atomic E-state index is -1.17. The van der Waals surface area contributed by atoms with E-state index in [0.29, 0.717) is 48.9 Å². The Morgan fingerprint density at radius 1 is 1.34 bits per heavy atom.